The summed E-state index contributed by atoms with van der Waals surface area (Å²) in [5.41, 5.74) is 3.91. The number of ether oxygens (including phenoxy) is 1. The fraction of sp³-hybridized carbons (Fsp3) is 0.800. The molecule has 4 heteroatoms. The van der Waals surface area contributed by atoms with Crippen molar-refractivity contribution in [1.29, 1.82) is 0 Å². The highest BCUT2D eigenvalue weighted by Crippen LogP contribution is 2.23. The molecule has 1 N–H and O–H groups in total. The van der Waals surface area contributed by atoms with Crippen LogP contribution in [0.5, 0.6) is 0 Å². The van der Waals surface area contributed by atoms with E-state index < -0.39 is 0 Å². The van der Waals surface area contributed by atoms with Crippen LogP contribution in [-0.2, 0) is 18.2 Å². The maximum Gasteiger partial charge on any atom is 0.0628 e. The predicted molar refractivity (Wildman–Crippen MR) is 77.4 cm³/mol. The van der Waals surface area contributed by atoms with Gasteiger partial charge in [0, 0.05) is 32.0 Å². The van der Waals surface area contributed by atoms with Crippen molar-refractivity contribution in [3.63, 3.8) is 0 Å². The SMILES string of the molecule is CNC(CCc1c(C)nn(C)c1C)C1CCOCC1. The van der Waals surface area contributed by atoms with Crippen LogP contribution < -0.4 is 5.32 Å². The second-order valence-corrected chi connectivity index (χ2v) is 5.66. The fourth-order valence-electron chi connectivity index (χ4n) is 3.21. The number of hydrogen-bond acceptors (Lipinski definition) is 3. The highest BCUT2D eigenvalue weighted by atomic mass is 16.5. The average Bonchev–Trinajstić information content (AvgIpc) is 2.66. The molecule has 0 amide bonds. The number of aromatic nitrogens is 2. The number of aryl methyl sites for hydroxylation is 2. The van der Waals surface area contributed by atoms with Crippen LogP contribution in [0.15, 0.2) is 0 Å². The number of nitrogens with one attached hydrogen (secondary N) is 1. The standard InChI is InChI=1S/C15H27N3O/c1-11-14(12(2)18(4)17-11)5-6-15(16-3)13-7-9-19-10-8-13/h13,15-16H,5-10H2,1-4H3. The zero-order chi connectivity index (χ0) is 13.8. The molecule has 1 aliphatic heterocycles. The predicted octanol–water partition coefficient (Wildman–Crippen LogP) is 1.98. The lowest BCUT2D eigenvalue weighted by Crippen LogP contribution is -2.37. The molecule has 1 aromatic rings. The summed E-state index contributed by atoms with van der Waals surface area (Å²) in [6.07, 6.45) is 4.69. The third-order valence-electron chi connectivity index (χ3n) is 4.57. The second-order valence-electron chi connectivity index (χ2n) is 5.66. The van der Waals surface area contributed by atoms with Crippen molar-refractivity contribution in [3.8, 4) is 0 Å². The average molecular weight is 265 g/mol. The Hall–Kier alpha value is -0.870. The van der Waals surface area contributed by atoms with E-state index in [1.54, 1.807) is 0 Å². The molecule has 0 bridgehead atoms. The Morgan fingerprint density at radius 2 is 2.05 bits per heavy atom. The van der Waals surface area contributed by atoms with Crippen LogP contribution in [0.1, 0.15) is 36.2 Å². The fourth-order valence-corrected chi connectivity index (χ4v) is 3.21. The summed E-state index contributed by atoms with van der Waals surface area (Å²) in [6.45, 7) is 6.13. The van der Waals surface area contributed by atoms with Crippen LogP contribution >= 0.6 is 0 Å². The minimum Gasteiger partial charge on any atom is -0.381 e. The van der Waals surface area contributed by atoms with Gasteiger partial charge in [0.25, 0.3) is 0 Å². The zero-order valence-electron chi connectivity index (χ0n) is 12.7. The molecule has 1 unspecified atom stereocenters. The first kappa shape index (κ1) is 14.5. The van der Waals surface area contributed by atoms with Gasteiger partial charge in [-0.25, -0.2) is 0 Å². The molecule has 1 aliphatic rings. The Labute approximate surface area is 116 Å². The van der Waals surface area contributed by atoms with Gasteiger partial charge in [-0.2, -0.15) is 5.10 Å². The van der Waals surface area contributed by atoms with Gasteiger partial charge in [-0.15, -0.1) is 0 Å². The monoisotopic (exact) mass is 265 g/mol. The van der Waals surface area contributed by atoms with Crippen molar-refractivity contribution in [2.24, 2.45) is 13.0 Å². The molecule has 1 saturated heterocycles. The van der Waals surface area contributed by atoms with Gasteiger partial charge >= 0.3 is 0 Å². The summed E-state index contributed by atoms with van der Waals surface area (Å²) in [4.78, 5) is 0. The van der Waals surface area contributed by atoms with Crippen molar-refractivity contribution in [1.82, 2.24) is 15.1 Å². The van der Waals surface area contributed by atoms with Crippen LogP contribution in [0.4, 0.5) is 0 Å². The summed E-state index contributed by atoms with van der Waals surface area (Å²) in [5.74, 6) is 0.760. The Morgan fingerprint density at radius 1 is 1.37 bits per heavy atom. The lowest BCUT2D eigenvalue weighted by Gasteiger charge is -2.30. The van der Waals surface area contributed by atoms with Gasteiger partial charge in [-0.3, -0.25) is 4.68 Å². The third-order valence-corrected chi connectivity index (χ3v) is 4.57. The van der Waals surface area contributed by atoms with E-state index in [1.807, 2.05) is 11.7 Å². The van der Waals surface area contributed by atoms with E-state index in [9.17, 15) is 0 Å². The molecular formula is C15H27N3O. The molecule has 4 nitrogen and oxygen atoms in total. The maximum absolute atomic E-state index is 5.46. The molecule has 0 spiro atoms. The molecule has 2 rings (SSSR count). The third kappa shape index (κ3) is 3.37. The van der Waals surface area contributed by atoms with Gasteiger partial charge in [0.1, 0.15) is 0 Å². The first-order valence-electron chi connectivity index (χ1n) is 7.37. The van der Waals surface area contributed by atoms with Gasteiger partial charge in [0.05, 0.1) is 5.69 Å². The summed E-state index contributed by atoms with van der Waals surface area (Å²) in [7, 11) is 4.11. The molecule has 1 fully saturated rings. The van der Waals surface area contributed by atoms with E-state index in [-0.39, 0.29) is 0 Å². The molecule has 0 aromatic carbocycles. The number of hydrogen-bond donors (Lipinski definition) is 1. The van der Waals surface area contributed by atoms with Crippen LogP contribution in [0.2, 0.25) is 0 Å². The maximum atomic E-state index is 5.46. The van der Waals surface area contributed by atoms with Crippen molar-refractivity contribution in [3.05, 3.63) is 17.0 Å². The second kappa shape index (κ2) is 6.53. The Kier molecular flexibility index (Phi) is 4.99. The summed E-state index contributed by atoms with van der Waals surface area (Å²) in [5, 5.41) is 8.01. The van der Waals surface area contributed by atoms with Crippen LogP contribution in [0, 0.1) is 19.8 Å². The Morgan fingerprint density at radius 3 is 2.58 bits per heavy atom. The van der Waals surface area contributed by atoms with Crippen LogP contribution in [-0.4, -0.2) is 36.1 Å². The molecular weight excluding hydrogens is 238 g/mol. The minimum atomic E-state index is 0.600. The molecule has 0 saturated carbocycles. The molecule has 0 aliphatic carbocycles. The van der Waals surface area contributed by atoms with E-state index in [0.717, 1.165) is 25.6 Å². The minimum absolute atomic E-state index is 0.600. The van der Waals surface area contributed by atoms with Crippen LogP contribution in [0.3, 0.4) is 0 Å². The van der Waals surface area contributed by atoms with E-state index in [1.165, 1.54) is 36.2 Å². The lowest BCUT2D eigenvalue weighted by molar-refractivity contribution is 0.0536. The summed E-state index contributed by atoms with van der Waals surface area (Å²) in [6, 6.07) is 0.600. The van der Waals surface area contributed by atoms with Gasteiger partial charge in [0.2, 0.25) is 0 Å². The zero-order valence-corrected chi connectivity index (χ0v) is 12.7. The van der Waals surface area contributed by atoms with Crippen molar-refractivity contribution < 1.29 is 4.74 Å². The molecule has 2 heterocycles. The number of rotatable bonds is 5. The first-order valence-corrected chi connectivity index (χ1v) is 7.37. The van der Waals surface area contributed by atoms with E-state index in [2.05, 4.69) is 31.3 Å². The molecule has 0 radical (unpaired) electrons. The highest BCUT2D eigenvalue weighted by molar-refractivity contribution is 5.24. The molecule has 1 aromatic heterocycles. The van der Waals surface area contributed by atoms with Gasteiger partial charge < -0.3 is 10.1 Å². The van der Waals surface area contributed by atoms with Gasteiger partial charge in [-0.1, -0.05) is 0 Å². The van der Waals surface area contributed by atoms with Crippen molar-refractivity contribution in [2.75, 3.05) is 20.3 Å². The van der Waals surface area contributed by atoms with Crippen molar-refractivity contribution >= 4 is 0 Å². The van der Waals surface area contributed by atoms with E-state index in [4.69, 9.17) is 4.74 Å². The smallest absolute Gasteiger partial charge is 0.0628 e. The van der Waals surface area contributed by atoms with E-state index in [0.29, 0.717) is 6.04 Å². The normalized spacial score (nSPS) is 18.7. The van der Waals surface area contributed by atoms with Crippen LogP contribution in [0.25, 0.3) is 0 Å². The van der Waals surface area contributed by atoms with E-state index >= 15 is 0 Å². The quantitative estimate of drug-likeness (QED) is 0.885. The van der Waals surface area contributed by atoms with Gasteiger partial charge in [-0.05, 0) is 58.1 Å². The molecule has 1 atom stereocenters. The number of nitrogens with zero attached hydrogens (tertiary/aromatic N) is 2. The summed E-state index contributed by atoms with van der Waals surface area (Å²) < 4.78 is 7.45. The largest absolute Gasteiger partial charge is 0.381 e. The summed E-state index contributed by atoms with van der Waals surface area (Å²) >= 11 is 0. The molecule has 19 heavy (non-hydrogen) atoms. The Balaban J connectivity index is 1.95. The highest BCUT2D eigenvalue weighted by Gasteiger charge is 2.23. The molecule has 108 valence electrons. The van der Waals surface area contributed by atoms with Crippen molar-refractivity contribution in [2.45, 2.75) is 45.6 Å². The lowest BCUT2D eigenvalue weighted by atomic mass is 9.88. The topological polar surface area (TPSA) is 39.1 Å². The first-order chi connectivity index (χ1) is 9.13. The Bertz CT molecular complexity index is 408. The van der Waals surface area contributed by atoms with Gasteiger partial charge in [0.15, 0.2) is 0 Å².